The molecular weight excluding hydrogens is 374 g/mol. The molecule has 2 aliphatic carbocycles. The van der Waals surface area contributed by atoms with E-state index in [1.807, 2.05) is 6.07 Å². The summed E-state index contributed by atoms with van der Waals surface area (Å²) >= 11 is 3.63. The first-order valence-corrected chi connectivity index (χ1v) is 9.67. The Morgan fingerprint density at radius 2 is 1.92 bits per heavy atom. The Kier molecular flexibility index (Phi) is 4.07. The summed E-state index contributed by atoms with van der Waals surface area (Å²) in [5.41, 5.74) is 13.3. The maximum Gasteiger partial charge on any atom is 0.170 e. The van der Waals surface area contributed by atoms with Crippen molar-refractivity contribution < 1.29 is 4.79 Å². The van der Waals surface area contributed by atoms with E-state index in [1.165, 1.54) is 27.8 Å². The number of hydrogen-bond donors (Lipinski definition) is 1. The third-order valence-electron chi connectivity index (χ3n) is 5.99. The van der Waals surface area contributed by atoms with Crippen LogP contribution in [-0.2, 0) is 17.6 Å². The van der Waals surface area contributed by atoms with Crippen LogP contribution in [0.25, 0.3) is 5.57 Å². The molecule has 4 rings (SSSR count). The van der Waals surface area contributed by atoms with Crippen molar-refractivity contribution in [3.8, 4) is 0 Å². The fourth-order valence-electron chi connectivity index (χ4n) is 4.48. The predicted octanol–water partition coefficient (Wildman–Crippen LogP) is 5.22. The smallest absolute Gasteiger partial charge is 0.170 e. The second kappa shape index (κ2) is 6.14. The molecule has 2 aromatic carbocycles. The van der Waals surface area contributed by atoms with E-state index in [4.69, 9.17) is 5.73 Å². The number of fused-ring (bicyclic) bond motifs is 3. The van der Waals surface area contributed by atoms with Crippen molar-refractivity contribution in [1.82, 2.24) is 0 Å². The summed E-state index contributed by atoms with van der Waals surface area (Å²) in [6.07, 6.45) is 4.63. The lowest BCUT2D eigenvalue weighted by Gasteiger charge is -2.35. The number of nitrogens with two attached hydrogens (primary N) is 1. The highest BCUT2D eigenvalue weighted by Gasteiger charge is 2.46. The van der Waals surface area contributed by atoms with Crippen LogP contribution in [0.4, 0.5) is 5.69 Å². The molecule has 0 spiro atoms. The highest BCUT2D eigenvalue weighted by atomic mass is 79.9. The van der Waals surface area contributed by atoms with Gasteiger partial charge in [0.05, 0.1) is 4.48 Å². The minimum Gasteiger partial charge on any atom is -0.399 e. The number of rotatable bonds is 3. The molecule has 0 aromatic heterocycles. The summed E-state index contributed by atoms with van der Waals surface area (Å²) in [5, 5.41) is 0. The first-order chi connectivity index (χ1) is 12.0. The number of carbonyl (C=O) groups is 1. The number of halogens is 1. The maximum atomic E-state index is 12.4. The second-order valence-electron chi connectivity index (χ2n) is 7.36. The minimum atomic E-state index is 0.0451. The van der Waals surface area contributed by atoms with E-state index < -0.39 is 0 Å². The number of aryl methyl sites for hydroxylation is 1. The van der Waals surface area contributed by atoms with Gasteiger partial charge in [-0.2, -0.15) is 0 Å². The van der Waals surface area contributed by atoms with Gasteiger partial charge in [-0.1, -0.05) is 36.4 Å². The lowest BCUT2D eigenvalue weighted by molar-refractivity contribution is -0.115. The standard InChI is InChI=1S/C22H22BrNO/c1-14-17-13-22(11-9-15-5-3-2-4-6-15)12-10-19(25)21(23)20(22)16(17)7-8-18(14)24/h2-8H,9-13,24H2,1H3. The first-order valence-electron chi connectivity index (χ1n) is 8.87. The molecule has 1 atom stereocenters. The van der Waals surface area contributed by atoms with Gasteiger partial charge in [0.1, 0.15) is 0 Å². The lowest BCUT2D eigenvalue weighted by Crippen LogP contribution is -2.28. The topological polar surface area (TPSA) is 43.1 Å². The third kappa shape index (κ3) is 2.65. The normalized spacial score (nSPS) is 22.1. The molecule has 2 N–H and O–H groups in total. The van der Waals surface area contributed by atoms with E-state index in [0.29, 0.717) is 6.42 Å². The Hall–Kier alpha value is -1.87. The summed E-state index contributed by atoms with van der Waals surface area (Å²) in [7, 11) is 0. The number of Topliss-reactive ketones (excluding diaryl/α,β-unsaturated/α-hetero) is 1. The number of benzene rings is 2. The molecule has 3 heteroatoms. The molecule has 2 nitrogen and oxygen atoms in total. The molecule has 0 aliphatic heterocycles. The quantitative estimate of drug-likeness (QED) is 0.723. The molecule has 25 heavy (non-hydrogen) atoms. The molecule has 0 heterocycles. The molecule has 128 valence electrons. The van der Waals surface area contributed by atoms with Gasteiger partial charge in [-0.05, 0) is 82.4 Å². The van der Waals surface area contributed by atoms with Crippen molar-refractivity contribution in [2.75, 3.05) is 5.73 Å². The molecule has 0 bridgehead atoms. The Morgan fingerprint density at radius 3 is 2.68 bits per heavy atom. The molecular formula is C22H22BrNO. The second-order valence-corrected chi connectivity index (χ2v) is 8.15. The van der Waals surface area contributed by atoms with E-state index in [9.17, 15) is 4.79 Å². The minimum absolute atomic E-state index is 0.0451. The molecule has 2 aliphatic rings. The Bertz CT molecular complexity index is 884. The van der Waals surface area contributed by atoms with Crippen LogP contribution in [0.2, 0.25) is 0 Å². The van der Waals surface area contributed by atoms with E-state index >= 15 is 0 Å². The van der Waals surface area contributed by atoms with E-state index in [2.05, 4.69) is 59.3 Å². The van der Waals surface area contributed by atoms with E-state index in [0.717, 1.165) is 35.9 Å². The van der Waals surface area contributed by atoms with Gasteiger partial charge in [0.25, 0.3) is 0 Å². The van der Waals surface area contributed by atoms with Crippen LogP contribution in [0.15, 0.2) is 46.9 Å². The molecule has 0 saturated heterocycles. The van der Waals surface area contributed by atoms with Gasteiger partial charge in [-0.15, -0.1) is 0 Å². The largest absolute Gasteiger partial charge is 0.399 e. The summed E-state index contributed by atoms with van der Waals surface area (Å²) in [6.45, 7) is 2.10. The monoisotopic (exact) mass is 395 g/mol. The van der Waals surface area contributed by atoms with Crippen molar-refractivity contribution in [3.05, 3.63) is 69.2 Å². The van der Waals surface area contributed by atoms with Gasteiger partial charge in [-0.25, -0.2) is 0 Å². The van der Waals surface area contributed by atoms with Crippen LogP contribution >= 0.6 is 15.9 Å². The van der Waals surface area contributed by atoms with Crippen LogP contribution in [-0.4, -0.2) is 5.78 Å². The molecule has 0 amide bonds. The fourth-order valence-corrected chi connectivity index (χ4v) is 5.31. The highest BCUT2D eigenvalue weighted by Crippen LogP contribution is 2.58. The average molecular weight is 396 g/mol. The molecule has 0 radical (unpaired) electrons. The van der Waals surface area contributed by atoms with Gasteiger partial charge in [0, 0.05) is 17.5 Å². The van der Waals surface area contributed by atoms with Crippen LogP contribution in [0.5, 0.6) is 0 Å². The molecule has 1 unspecified atom stereocenters. The molecule has 0 saturated carbocycles. The van der Waals surface area contributed by atoms with Gasteiger partial charge in [0.15, 0.2) is 5.78 Å². The van der Waals surface area contributed by atoms with E-state index in [-0.39, 0.29) is 11.2 Å². The zero-order chi connectivity index (χ0) is 17.6. The third-order valence-corrected chi connectivity index (χ3v) is 6.82. The summed E-state index contributed by atoms with van der Waals surface area (Å²) in [5.74, 6) is 0.229. The van der Waals surface area contributed by atoms with Crippen molar-refractivity contribution in [2.24, 2.45) is 5.41 Å². The Balaban J connectivity index is 1.78. The lowest BCUT2D eigenvalue weighted by atomic mass is 9.69. The number of carbonyl (C=O) groups excluding carboxylic acids is 1. The number of allylic oxidation sites excluding steroid dienone is 2. The summed E-state index contributed by atoms with van der Waals surface area (Å²) < 4.78 is 0.787. The number of nitrogen functional groups attached to an aromatic ring is 1. The van der Waals surface area contributed by atoms with Crippen LogP contribution < -0.4 is 5.73 Å². The number of hydrogen-bond acceptors (Lipinski definition) is 2. The van der Waals surface area contributed by atoms with Crippen LogP contribution in [0.1, 0.15) is 41.5 Å². The zero-order valence-corrected chi connectivity index (χ0v) is 16.0. The average Bonchev–Trinajstić information content (AvgIpc) is 2.97. The first kappa shape index (κ1) is 16.6. The number of ketones is 1. The van der Waals surface area contributed by atoms with Gasteiger partial charge in [0.2, 0.25) is 0 Å². The SMILES string of the molecule is Cc1c(N)ccc2c1CC1(CCc3ccccc3)CCC(=O)C(Br)=C21. The van der Waals surface area contributed by atoms with Crippen LogP contribution in [0, 0.1) is 12.3 Å². The maximum absolute atomic E-state index is 12.4. The Labute approximate surface area is 157 Å². The zero-order valence-electron chi connectivity index (χ0n) is 14.4. The van der Waals surface area contributed by atoms with Gasteiger partial charge >= 0.3 is 0 Å². The van der Waals surface area contributed by atoms with Crippen LogP contribution in [0.3, 0.4) is 0 Å². The molecule has 2 aromatic rings. The summed E-state index contributed by atoms with van der Waals surface area (Å²) in [4.78, 5) is 12.4. The Morgan fingerprint density at radius 1 is 1.16 bits per heavy atom. The van der Waals surface area contributed by atoms with Crippen molar-refractivity contribution in [1.29, 1.82) is 0 Å². The highest BCUT2D eigenvalue weighted by molar-refractivity contribution is 9.12. The van der Waals surface area contributed by atoms with Gasteiger partial charge < -0.3 is 5.73 Å². The fraction of sp³-hybridized carbons (Fsp3) is 0.318. The van der Waals surface area contributed by atoms with Crippen molar-refractivity contribution in [2.45, 2.75) is 39.0 Å². The predicted molar refractivity (Wildman–Crippen MR) is 107 cm³/mol. The van der Waals surface area contributed by atoms with E-state index in [1.54, 1.807) is 0 Å². The number of anilines is 1. The van der Waals surface area contributed by atoms with Crippen molar-refractivity contribution in [3.63, 3.8) is 0 Å². The van der Waals surface area contributed by atoms with Gasteiger partial charge in [-0.3, -0.25) is 4.79 Å². The summed E-state index contributed by atoms with van der Waals surface area (Å²) in [6, 6.07) is 14.7. The van der Waals surface area contributed by atoms with Crippen molar-refractivity contribution >= 4 is 33.0 Å². The molecule has 0 fully saturated rings.